The van der Waals surface area contributed by atoms with Crippen LogP contribution in [0.4, 0.5) is 8.78 Å². The highest BCUT2D eigenvalue weighted by molar-refractivity contribution is 5.36. The molecule has 0 fully saturated rings. The van der Waals surface area contributed by atoms with Crippen LogP contribution in [-0.4, -0.2) is 34.5 Å². The van der Waals surface area contributed by atoms with Crippen LogP contribution < -0.4 is 10.1 Å². The number of halogens is 2. The molecule has 176 valence electrons. The lowest BCUT2D eigenvalue weighted by Gasteiger charge is -2.19. The summed E-state index contributed by atoms with van der Waals surface area (Å²) >= 11 is 0. The van der Waals surface area contributed by atoms with Gasteiger partial charge in [0.05, 0.1) is 12.7 Å². The first-order valence-corrected chi connectivity index (χ1v) is 10.8. The van der Waals surface area contributed by atoms with Crippen LogP contribution in [-0.2, 0) is 19.0 Å². The summed E-state index contributed by atoms with van der Waals surface area (Å²) in [4.78, 5) is 0. The van der Waals surface area contributed by atoms with Gasteiger partial charge in [0, 0.05) is 23.7 Å². The number of hydrogen-bond donors (Lipinski definition) is 4. The molecule has 3 aromatic rings. The molecule has 0 radical (unpaired) electrons. The number of aliphatic hydroxyl groups is 2. The van der Waals surface area contributed by atoms with Gasteiger partial charge in [0.2, 0.25) is 0 Å². The van der Waals surface area contributed by atoms with Crippen LogP contribution in [0.2, 0.25) is 0 Å². The van der Waals surface area contributed by atoms with Gasteiger partial charge in [0.1, 0.15) is 11.5 Å². The van der Waals surface area contributed by atoms with E-state index >= 15 is 0 Å². The first-order chi connectivity index (χ1) is 15.8. The Labute approximate surface area is 192 Å². The Balaban J connectivity index is 1.52. The smallest absolute Gasteiger partial charge is 0.306 e. The fourth-order valence-corrected chi connectivity index (χ4v) is 3.50. The zero-order valence-electron chi connectivity index (χ0n) is 18.4. The fraction of sp³-hybridized carbons (Fsp3) is 0.308. The molecule has 33 heavy (non-hydrogen) atoms. The van der Waals surface area contributed by atoms with E-state index in [2.05, 4.69) is 5.32 Å². The van der Waals surface area contributed by atoms with E-state index in [1.54, 1.807) is 48.5 Å². The third-order valence-electron chi connectivity index (χ3n) is 5.37. The molecule has 0 aliphatic rings. The zero-order chi connectivity index (χ0) is 23.8. The summed E-state index contributed by atoms with van der Waals surface area (Å²) in [5.41, 5.74) is 1.77. The van der Waals surface area contributed by atoms with Crippen molar-refractivity contribution in [2.75, 3.05) is 13.2 Å². The van der Waals surface area contributed by atoms with Crippen LogP contribution in [0, 0.1) is 0 Å². The topological polar surface area (TPSA) is 82.0 Å². The van der Waals surface area contributed by atoms with E-state index in [9.17, 15) is 24.1 Å². The third kappa shape index (κ3) is 6.99. The van der Waals surface area contributed by atoms with Crippen LogP contribution in [0.15, 0.2) is 72.8 Å². The molecular formula is C26H29F2NO4. The maximum Gasteiger partial charge on any atom is 0.306 e. The molecule has 0 aliphatic heterocycles. The minimum Gasteiger partial charge on any atom is -0.508 e. The predicted octanol–water partition coefficient (Wildman–Crippen LogP) is 4.31. The minimum absolute atomic E-state index is 0.00455. The summed E-state index contributed by atoms with van der Waals surface area (Å²) in [7, 11) is 0. The molecule has 3 rings (SSSR count). The van der Waals surface area contributed by atoms with Crippen molar-refractivity contribution in [1.29, 1.82) is 0 Å². The standard InChI is InChI=1S/C26H29F2NO4/c1-18(29-15-25(32)20-10-11-24(31)21(14-20)16-30)12-19-6-5-9-23(13-19)33-17-26(27,28)22-7-3-2-4-8-22/h2-11,13-14,18,25,29-32H,12,15-17H2,1H3/t18-,25+/m1/s1. The summed E-state index contributed by atoms with van der Waals surface area (Å²) in [6.45, 7) is 1.17. The number of ether oxygens (including phenoxy) is 1. The summed E-state index contributed by atoms with van der Waals surface area (Å²) in [6, 6.07) is 19.3. The van der Waals surface area contributed by atoms with Gasteiger partial charge in [-0.2, -0.15) is 8.78 Å². The number of nitrogens with one attached hydrogen (secondary N) is 1. The Kier molecular flexibility index (Phi) is 8.38. The molecule has 0 aliphatic carbocycles. The lowest BCUT2D eigenvalue weighted by atomic mass is 10.0. The van der Waals surface area contributed by atoms with Crippen molar-refractivity contribution in [2.24, 2.45) is 0 Å². The van der Waals surface area contributed by atoms with E-state index in [4.69, 9.17) is 4.74 Å². The summed E-state index contributed by atoms with van der Waals surface area (Å²) in [6.07, 6.45) is -0.204. The van der Waals surface area contributed by atoms with Gasteiger partial charge in [-0.15, -0.1) is 0 Å². The molecule has 4 N–H and O–H groups in total. The number of benzene rings is 3. The summed E-state index contributed by atoms with van der Waals surface area (Å²) < 4.78 is 34.1. The van der Waals surface area contributed by atoms with Gasteiger partial charge in [-0.25, -0.2) is 0 Å². The molecule has 5 nitrogen and oxygen atoms in total. The van der Waals surface area contributed by atoms with Crippen LogP contribution in [0.5, 0.6) is 11.5 Å². The molecule has 0 unspecified atom stereocenters. The van der Waals surface area contributed by atoms with Gasteiger partial charge in [-0.3, -0.25) is 0 Å². The van der Waals surface area contributed by atoms with E-state index in [1.165, 1.54) is 18.2 Å². The number of rotatable bonds is 11. The average molecular weight is 458 g/mol. The van der Waals surface area contributed by atoms with Crippen molar-refractivity contribution >= 4 is 0 Å². The van der Waals surface area contributed by atoms with Crippen molar-refractivity contribution in [3.63, 3.8) is 0 Å². The van der Waals surface area contributed by atoms with Crippen molar-refractivity contribution < 1.29 is 28.8 Å². The second-order valence-electron chi connectivity index (χ2n) is 8.08. The Hall–Kier alpha value is -3.00. The third-order valence-corrected chi connectivity index (χ3v) is 5.37. The van der Waals surface area contributed by atoms with Gasteiger partial charge in [-0.1, -0.05) is 48.5 Å². The van der Waals surface area contributed by atoms with E-state index in [0.717, 1.165) is 5.56 Å². The molecule has 3 aromatic carbocycles. The van der Waals surface area contributed by atoms with Gasteiger partial charge in [0.15, 0.2) is 6.61 Å². The van der Waals surface area contributed by atoms with E-state index in [0.29, 0.717) is 23.3 Å². The first-order valence-electron chi connectivity index (χ1n) is 10.8. The Morgan fingerprint density at radius 1 is 1.00 bits per heavy atom. The molecule has 7 heteroatoms. The first kappa shape index (κ1) is 24.6. The normalized spacial score (nSPS) is 13.5. The second-order valence-corrected chi connectivity index (χ2v) is 8.08. The van der Waals surface area contributed by atoms with Crippen molar-refractivity contribution in [3.8, 4) is 11.5 Å². The quantitative estimate of drug-likeness (QED) is 0.345. The molecule has 0 aromatic heterocycles. The fourth-order valence-electron chi connectivity index (χ4n) is 3.50. The molecule has 0 heterocycles. The Bertz CT molecular complexity index is 1030. The maximum atomic E-state index is 14.4. The van der Waals surface area contributed by atoms with Crippen LogP contribution in [0.1, 0.15) is 35.3 Å². The lowest BCUT2D eigenvalue weighted by Crippen LogP contribution is -2.32. The molecule has 0 bridgehead atoms. The van der Waals surface area contributed by atoms with E-state index in [1.807, 2.05) is 13.0 Å². The molecule has 0 saturated carbocycles. The number of aliphatic hydroxyl groups excluding tert-OH is 2. The zero-order valence-corrected chi connectivity index (χ0v) is 18.4. The Morgan fingerprint density at radius 2 is 1.76 bits per heavy atom. The van der Waals surface area contributed by atoms with Gasteiger partial charge in [0.25, 0.3) is 0 Å². The predicted molar refractivity (Wildman–Crippen MR) is 122 cm³/mol. The highest BCUT2D eigenvalue weighted by atomic mass is 19.3. The van der Waals surface area contributed by atoms with Crippen LogP contribution >= 0.6 is 0 Å². The highest BCUT2D eigenvalue weighted by Gasteiger charge is 2.32. The summed E-state index contributed by atoms with van der Waals surface area (Å²) in [5.74, 6) is -2.73. The summed E-state index contributed by atoms with van der Waals surface area (Å²) in [5, 5.41) is 32.6. The average Bonchev–Trinajstić information content (AvgIpc) is 2.82. The van der Waals surface area contributed by atoms with Crippen molar-refractivity contribution in [1.82, 2.24) is 5.32 Å². The van der Waals surface area contributed by atoms with Gasteiger partial charge in [-0.05, 0) is 48.7 Å². The number of hydrogen-bond acceptors (Lipinski definition) is 5. The highest BCUT2D eigenvalue weighted by Crippen LogP contribution is 2.29. The second kappa shape index (κ2) is 11.2. The maximum absolute atomic E-state index is 14.4. The SMILES string of the molecule is C[C@H](Cc1cccc(OCC(F)(F)c2ccccc2)c1)NC[C@H](O)c1ccc(O)c(CO)c1. The monoisotopic (exact) mass is 457 g/mol. The Morgan fingerprint density at radius 3 is 2.48 bits per heavy atom. The van der Waals surface area contributed by atoms with E-state index < -0.39 is 18.6 Å². The largest absolute Gasteiger partial charge is 0.508 e. The minimum atomic E-state index is -3.09. The lowest BCUT2D eigenvalue weighted by molar-refractivity contribution is -0.0467. The van der Waals surface area contributed by atoms with Crippen LogP contribution in [0.3, 0.4) is 0 Å². The number of phenols is 1. The molecule has 0 saturated heterocycles. The molecule has 2 atom stereocenters. The molecular weight excluding hydrogens is 428 g/mol. The number of aromatic hydroxyl groups is 1. The van der Waals surface area contributed by atoms with Crippen LogP contribution in [0.25, 0.3) is 0 Å². The van der Waals surface area contributed by atoms with Gasteiger partial charge >= 0.3 is 5.92 Å². The van der Waals surface area contributed by atoms with E-state index in [-0.39, 0.29) is 30.5 Å². The molecule has 0 spiro atoms. The van der Waals surface area contributed by atoms with Crippen molar-refractivity contribution in [3.05, 3.63) is 95.1 Å². The van der Waals surface area contributed by atoms with Gasteiger partial charge < -0.3 is 25.4 Å². The van der Waals surface area contributed by atoms with Crippen molar-refractivity contribution in [2.45, 2.75) is 38.0 Å². The molecule has 0 amide bonds. The number of alkyl halides is 2.